The van der Waals surface area contributed by atoms with E-state index in [4.69, 9.17) is 4.74 Å². The summed E-state index contributed by atoms with van der Waals surface area (Å²) in [5, 5.41) is 6.66. The SMILES string of the molecule is COC(=O)C=C1CCC(NCCCNC(C)=O)(c2cccc(C(C)(C)C)c2)CC1.Cc1cc(F)cc(F)c1. The molecule has 1 fully saturated rings. The molecule has 0 atom stereocenters. The summed E-state index contributed by atoms with van der Waals surface area (Å²) in [7, 11) is 1.42. The van der Waals surface area contributed by atoms with Crippen molar-refractivity contribution in [1.82, 2.24) is 10.6 Å². The molecule has 0 unspecified atom stereocenters. The molecule has 0 saturated heterocycles. The van der Waals surface area contributed by atoms with Crippen molar-refractivity contribution in [1.29, 1.82) is 0 Å². The van der Waals surface area contributed by atoms with Crippen LogP contribution in [0.15, 0.2) is 54.1 Å². The lowest BCUT2D eigenvalue weighted by Crippen LogP contribution is -2.45. The van der Waals surface area contributed by atoms with Gasteiger partial charge in [-0.25, -0.2) is 13.6 Å². The molecule has 1 aliphatic carbocycles. The molecule has 1 saturated carbocycles. The second-order valence-electron chi connectivity index (χ2n) is 10.9. The number of allylic oxidation sites excluding steroid dienone is 1. The van der Waals surface area contributed by atoms with E-state index in [1.165, 1.54) is 30.4 Å². The zero-order valence-electron chi connectivity index (χ0n) is 23.5. The van der Waals surface area contributed by atoms with Crippen molar-refractivity contribution in [3.8, 4) is 0 Å². The molecule has 0 aliphatic heterocycles. The van der Waals surface area contributed by atoms with E-state index in [9.17, 15) is 18.4 Å². The summed E-state index contributed by atoms with van der Waals surface area (Å²) in [6, 6.07) is 12.3. The van der Waals surface area contributed by atoms with Crippen molar-refractivity contribution < 1.29 is 23.1 Å². The zero-order chi connectivity index (χ0) is 28.3. The number of carbonyl (C=O) groups is 2. The second-order valence-corrected chi connectivity index (χ2v) is 10.9. The number of ether oxygens (including phenoxy) is 1. The van der Waals surface area contributed by atoms with Crippen LogP contribution in [-0.4, -0.2) is 32.1 Å². The van der Waals surface area contributed by atoms with Crippen LogP contribution in [0, 0.1) is 18.6 Å². The predicted molar refractivity (Wildman–Crippen MR) is 148 cm³/mol. The number of amides is 1. The number of hydrogen-bond acceptors (Lipinski definition) is 4. The topological polar surface area (TPSA) is 67.4 Å². The molecule has 1 amide bonds. The van der Waals surface area contributed by atoms with Crippen LogP contribution in [0.5, 0.6) is 0 Å². The highest BCUT2D eigenvalue weighted by atomic mass is 19.1. The van der Waals surface area contributed by atoms with Crippen LogP contribution in [0.4, 0.5) is 8.78 Å². The van der Waals surface area contributed by atoms with Crippen LogP contribution in [0.2, 0.25) is 0 Å². The Morgan fingerprint density at radius 1 is 1.03 bits per heavy atom. The van der Waals surface area contributed by atoms with Gasteiger partial charge in [0.25, 0.3) is 0 Å². The average molecular weight is 529 g/mol. The number of rotatable bonds is 7. The third kappa shape index (κ3) is 10.0. The van der Waals surface area contributed by atoms with Crippen molar-refractivity contribution in [2.24, 2.45) is 0 Å². The monoisotopic (exact) mass is 528 g/mol. The molecule has 3 rings (SSSR count). The predicted octanol–water partition coefficient (Wildman–Crippen LogP) is 6.24. The van der Waals surface area contributed by atoms with Gasteiger partial charge in [0.1, 0.15) is 11.6 Å². The number of hydrogen-bond donors (Lipinski definition) is 2. The van der Waals surface area contributed by atoms with Crippen molar-refractivity contribution >= 4 is 11.9 Å². The van der Waals surface area contributed by atoms with Gasteiger partial charge >= 0.3 is 5.97 Å². The van der Waals surface area contributed by atoms with Gasteiger partial charge < -0.3 is 15.4 Å². The fourth-order valence-corrected chi connectivity index (χ4v) is 4.59. The van der Waals surface area contributed by atoms with Gasteiger partial charge in [-0.1, -0.05) is 50.6 Å². The Hall–Kier alpha value is -3.06. The summed E-state index contributed by atoms with van der Waals surface area (Å²) in [6.07, 6.45) is 6.13. The minimum atomic E-state index is -0.521. The van der Waals surface area contributed by atoms with Crippen LogP contribution in [0.25, 0.3) is 0 Å². The van der Waals surface area contributed by atoms with Crippen molar-refractivity contribution in [2.45, 2.75) is 77.7 Å². The van der Waals surface area contributed by atoms with Crippen LogP contribution in [0.3, 0.4) is 0 Å². The molecule has 7 heteroatoms. The fraction of sp³-hybridized carbons (Fsp3) is 0.484. The van der Waals surface area contributed by atoms with E-state index in [2.05, 4.69) is 55.7 Å². The minimum Gasteiger partial charge on any atom is -0.466 e. The summed E-state index contributed by atoms with van der Waals surface area (Å²) >= 11 is 0. The number of esters is 1. The van der Waals surface area contributed by atoms with E-state index >= 15 is 0 Å². The highest BCUT2D eigenvalue weighted by molar-refractivity contribution is 5.82. The first kappa shape index (κ1) is 31.2. The van der Waals surface area contributed by atoms with Gasteiger partial charge in [-0.3, -0.25) is 4.79 Å². The summed E-state index contributed by atoms with van der Waals surface area (Å²) in [5.41, 5.74) is 4.36. The molecule has 0 heterocycles. The normalized spacial score (nSPS) is 17.2. The maximum atomic E-state index is 12.2. The molecular formula is C31H42F2N2O3. The first-order valence-electron chi connectivity index (χ1n) is 13.2. The van der Waals surface area contributed by atoms with Gasteiger partial charge in [0.15, 0.2) is 0 Å². The molecule has 2 aromatic carbocycles. The summed E-state index contributed by atoms with van der Waals surface area (Å²) < 4.78 is 29.2. The van der Waals surface area contributed by atoms with E-state index in [-0.39, 0.29) is 22.8 Å². The second kappa shape index (κ2) is 14.2. The van der Waals surface area contributed by atoms with Gasteiger partial charge in [-0.15, -0.1) is 0 Å². The van der Waals surface area contributed by atoms with Crippen LogP contribution >= 0.6 is 0 Å². The molecule has 0 bridgehead atoms. The fourth-order valence-electron chi connectivity index (χ4n) is 4.59. The van der Waals surface area contributed by atoms with Gasteiger partial charge in [0.2, 0.25) is 5.91 Å². The average Bonchev–Trinajstić information content (AvgIpc) is 2.84. The Bertz CT molecular complexity index is 1060. The number of benzene rings is 2. The van der Waals surface area contributed by atoms with Crippen molar-refractivity contribution in [3.05, 3.63) is 82.4 Å². The summed E-state index contributed by atoms with van der Waals surface area (Å²) in [4.78, 5) is 22.7. The maximum Gasteiger partial charge on any atom is 0.330 e. The van der Waals surface area contributed by atoms with Gasteiger partial charge in [-0.05, 0) is 79.8 Å². The number of carbonyl (C=O) groups excluding carboxylic acids is 2. The minimum absolute atomic E-state index is 0.00727. The van der Waals surface area contributed by atoms with Crippen LogP contribution < -0.4 is 10.6 Å². The standard InChI is InChI=1S/C24H36N2O3.C7H6F2/c1-18(27)25-14-7-15-26-24(12-10-19(11-13-24)16-22(28)29-5)21-9-6-8-20(17-21)23(2,3)4;1-5-2-6(8)4-7(9)3-5/h6,8-9,16-17,26H,7,10-15H2,1-5H3,(H,25,27);2-4H,1H3. The largest absolute Gasteiger partial charge is 0.466 e. The van der Waals surface area contributed by atoms with E-state index in [1.54, 1.807) is 19.9 Å². The Morgan fingerprint density at radius 3 is 2.18 bits per heavy atom. The highest BCUT2D eigenvalue weighted by Gasteiger charge is 2.35. The molecule has 2 N–H and O–H groups in total. The lowest BCUT2D eigenvalue weighted by molar-refractivity contribution is -0.135. The Balaban J connectivity index is 0.000000474. The maximum absolute atomic E-state index is 12.2. The molecule has 0 aromatic heterocycles. The molecule has 208 valence electrons. The molecule has 5 nitrogen and oxygen atoms in total. The molecule has 2 aromatic rings. The molecule has 38 heavy (non-hydrogen) atoms. The van der Waals surface area contributed by atoms with Crippen molar-refractivity contribution in [3.63, 3.8) is 0 Å². The molecule has 0 radical (unpaired) electrons. The van der Waals surface area contributed by atoms with E-state index < -0.39 is 11.6 Å². The van der Waals surface area contributed by atoms with Crippen LogP contribution in [0.1, 0.15) is 76.5 Å². The summed E-state index contributed by atoms with van der Waals surface area (Å²) in [5.74, 6) is -1.31. The number of halogens is 2. The Kier molecular flexibility index (Phi) is 11.6. The van der Waals surface area contributed by atoms with Gasteiger partial charge in [0, 0.05) is 31.1 Å². The van der Waals surface area contributed by atoms with Crippen LogP contribution in [-0.2, 0) is 25.3 Å². The smallest absolute Gasteiger partial charge is 0.330 e. The third-order valence-corrected chi connectivity index (χ3v) is 6.75. The quantitative estimate of drug-likeness (QED) is 0.254. The van der Waals surface area contributed by atoms with Gasteiger partial charge in [0.05, 0.1) is 7.11 Å². The Morgan fingerprint density at radius 2 is 1.66 bits per heavy atom. The van der Waals surface area contributed by atoms with E-state index in [0.29, 0.717) is 12.1 Å². The van der Waals surface area contributed by atoms with E-state index in [1.807, 2.05) is 0 Å². The lowest BCUT2D eigenvalue weighted by Gasteiger charge is -2.40. The van der Waals surface area contributed by atoms with E-state index in [0.717, 1.165) is 50.3 Å². The lowest BCUT2D eigenvalue weighted by atomic mass is 9.73. The molecule has 0 spiro atoms. The third-order valence-electron chi connectivity index (χ3n) is 6.75. The summed E-state index contributed by atoms with van der Waals surface area (Å²) in [6.45, 7) is 11.4. The number of aryl methyl sites for hydroxylation is 1. The zero-order valence-corrected chi connectivity index (χ0v) is 23.5. The Labute approximate surface area is 226 Å². The first-order chi connectivity index (χ1) is 17.8. The number of methoxy groups -OCH3 is 1. The first-order valence-corrected chi connectivity index (χ1v) is 13.2. The molecule has 1 aliphatic rings. The van der Waals surface area contributed by atoms with Crippen molar-refractivity contribution in [2.75, 3.05) is 20.2 Å². The molecular weight excluding hydrogens is 486 g/mol. The number of nitrogens with one attached hydrogen (secondary N) is 2. The van der Waals surface area contributed by atoms with Gasteiger partial charge in [-0.2, -0.15) is 0 Å². The highest BCUT2D eigenvalue weighted by Crippen LogP contribution is 2.40.